The van der Waals surface area contributed by atoms with E-state index in [2.05, 4.69) is 20.4 Å². The predicted molar refractivity (Wildman–Crippen MR) is 97.2 cm³/mol. The van der Waals surface area contributed by atoms with Gasteiger partial charge in [-0.15, -0.1) is 0 Å². The van der Waals surface area contributed by atoms with E-state index in [1.165, 1.54) is 12.5 Å². The molecule has 0 saturated carbocycles. The summed E-state index contributed by atoms with van der Waals surface area (Å²) < 4.78 is 7.47. The van der Waals surface area contributed by atoms with Gasteiger partial charge in [0, 0.05) is 37.9 Å². The van der Waals surface area contributed by atoms with E-state index in [1.807, 2.05) is 6.92 Å². The van der Waals surface area contributed by atoms with Gasteiger partial charge in [0.05, 0.1) is 23.0 Å². The van der Waals surface area contributed by atoms with Gasteiger partial charge in [0.1, 0.15) is 0 Å². The van der Waals surface area contributed by atoms with E-state index in [4.69, 9.17) is 16.3 Å². The highest BCUT2D eigenvalue weighted by Crippen LogP contribution is 2.17. The second-order valence-corrected chi connectivity index (χ2v) is 6.94. The molecule has 2 aromatic heterocycles. The van der Waals surface area contributed by atoms with Crippen LogP contribution >= 0.6 is 11.6 Å². The Morgan fingerprint density at radius 1 is 1.52 bits per heavy atom. The van der Waals surface area contributed by atoms with E-state index in [0.29, 0.717) is 23.6 Å². The van der Waals surface area contributed by atoms with E-state index in [1.54, 1.807) is 17.1 Å². The first kappa shape index (κ1) is 17.9. The summed E-state index contributed by atoms with van der Waals surface area (Å²) in [5.41, 5.74) is 0.568. The Bertz CT molecular complexity index is 739. The minimum Gasteiger partial charge on any atom is -0.378 e. The molecule has 136 valence electrons. The van der Waals surface area contributed by atoms with Crippen molar-refractivity contribution in [2.24, 2.45) is 0 Å². The van der Waals surface area contributed by atoms with Gasteiger partial charge >= 0.3 is 0 Å². The van der Waals surface area contributed by atoms with E-state index in [0.717, 1.165) is 38.1 Å². The highest BCUT2D eigenvalue weighted by molar-refractivity contribution is 6.30. The van der Waals surface area contributed by atoms with Crippen molar-refractivity contribution in [3.05, 3.63) is 39.5 Å². The first-order chi connectivity index (χ1) is 12.1. The van der Waals surface area contributed by atoms with Crippen molar-refractivity contribution in [3.8, 4) is 0 Å². The number of rotatable bonds is 7. The maximum absolute atomic E-state index is 11.9. The first-order valence-electron chi connectivity index (χ1n) is 8.75. The van der Waals surface area contributed by atoms with Crippen molar-refractivity contribution < 1.29 is 4.74 Å². The number of aromatic nitrogens is 4. The van der Waals surface area contributed by atoms with Crippen molar-refractivity contribution in [1.82, 2.24) is 19.7 Å². The molecule has 1 saturated heterocycles. The molecule has 0 bridgehead atoms. The maximum atomic E-state index is 11.9. The molecule has 2 aromatic rings. The van der Waals surface area contributed by atoms with Crippen molar-refractivity contribution in [3.63, 3.8) is 0 Å². The van der Waals surface area contributed by atoms with E-state index in [9.17, 15) is 4.79 Å². The standard InChI is InChI=1S/C17H24ClN5O2/c1-12(10-23-11-13(18)9-20-23)15-8-16(24)22-17(21-15)19-6-5-14-4-2-3-7-25-14/h8-9,11-12,14H,2-7,10H2,1H3,(H2,19,21,22,24). The fraction of sp³-hybridized carbons (Fsp3) is 0.588. The minimum absolute atomic E-state index is 0.0421. The van der Waals surface area contributed by atoms with Crippen LogP contribution in [0.4, 0.5) is 5.95 Å². The molecule has 0 radical (unpaired) electrons. The predicted octanol–water partition coefficient (Wildman–Crippen LogP) is 2.79. The van der Waals surface area contributed by atoms with Crippen LogP contribution in [0.2, 0.25) is 5.02 Å². The number of aromatic amines is 1. The molecule has 0 aliphatic carbocycles. The molecule has 3 heterocycles. The first-order valence-corrected chi connectivity index (χ1v) is 9.12. The molecule has 0 amide bonds. The SMILES string of the molecule is CC(Cn1cc(Cl)cn1)c1cc(=O)[nH]c(NCCC2CCCCO2)n1. The number of ether oxygens (including phenoxy) is 1. The highest BCUT2D eigenvalue weighted by atomic mass is 35.5. The fourth-order valence-corrected chi connectivity index (χ4v) is 3.17. The van der Waals surface area contributed by atoms with Crippen molar-refractivity contribution >= 4 is 17.5 Å². The third-order valence-electron chi connectivity index (χ3n) is 4.36. The summed E-state index contributed by atoms with van der Waals surface area (Å²) in [5, 5.41) is 7.97. The van der Waals surface area contributed by atoms with Gasteiger partial charge in [0.25, 0.3) is 5.56 Å². The third-order valence-corrected chi connectivity index (χ3v) is 4.56. The molecule has 1 aliphatic rings. The van der Waals surface area contributed by atoms with Gasteiger partial charge in [-0.25, -0.2) is 4.98 Å². The van der Waals surface area contributed by atoms with E-state index < -0.39 is 0 Å². The van der Waals surface area contributed by atoms with Crippen LogP contribution in [0.1, 0.15) is 44.2 Å². The Hall–Kier alpha value is -1.86. The van der Waals surface area contributed by atoms with Crippen molar-refractivity contribution in [2.75, 3.05) is 18.5 Å². The van der Waals surface area contributed by atoms with Gasteiger partial charge in [0.15, 0.2) is 0 Å². The number of anilines is 1. The minimum atomic E-state index is -0.160. The lowest BCUT2D eigenvalue weighted by Gasteiger charge is -2.22. The average molecular weight is 366 g/mol. The highest BCUT2D eigenvalue weighted by Gasteiger charge is 2.14. The lowest BCUT2D eigenvalue weighted by molar-refractivity contribution is 0.0134. The third kappa shape index (κ3) is 5.31. The van der Waals surface area contributed by atoms with Gasteiger partial charge in [0.2, 0.25) is 5.95 Å². The molecule has 25 heavy (non-hydrogen) atoms. The van der Waals surface area contributed by atoms with Gasteiger partial charge in [-0.2, -0.15) is 5.10 Å². The number of nitrogens with one attached hydrogen (secondary N) is 2. The van der Waals surface area contributed by atoms with Gasteiger partial charge in [-0.05, 0) is 25.7 Å². The van der Waals surface area contributed by atoms with Gasteiger partial charge < -0.3 is 10.1 Å². The average Bonchev–Trinajstić information content (AvgIpc) is 3.00. The molecule has 1 fully saturated rings. The number of hydrogen-bond donors (Lipinski definition) is 2. The van der Waals surface area contributed by atoms with Crippen LogP contribution in [0.15, 0.2) is 23.3 Å². The Morgan fingerprint density at radius 2 is 2.40 bits per heavy atom. The number of hydrogen-bond acceptors (Lipinski definition) is 5. The molecule has 3 rings (SSSR count). The summed E-state index contributed by atoms with van der Waals surface area (Å²) in [4.78, 5) is 19.2. The van der Waals surface area contributed by atoms with Crippen molar-refractivity contribution in [1.29, 1.82) is 0 Å². The molecule has 1 aliphatic heterocycles. The van der Waals surface area contributed by atoms with Crippen molar-refractivity contribution in [2.45, 2.75) is 51.2 Å². The topological polar surface area (TPSA) is 84.8 Å². The van der Waals surface area contributed by atoms with Gasteiger partial charge in [-0.3, -0.25) is 14.5 Å². The van der Waals surface area contributed by atoms with Gasteiger partial charge in [-0.1, -0.05) is 18.5 Å². The number of nitrogens with zero attached hydrogens (tertiary/aromatic N) is 3. The summed E-state index contributed by atoms with van der Waals surface area (Å²) in [6.07, 6.45) is 8.06. The summed E-state index contributed by atoms with van der Waals surface area (Å²) in [6, 6.07) is 1.53. The summed E-state index contributed by atoms with van der Waals surface area (Å²) in [7, 11) is 0. The molecule has 7 nitrogen and oxygen atoms in total. The second-order valence-electron chi connectivity index (χ2n) is 6.50. The van der Waals surface area contributed by atoms with Crippen LogP contribution < -0.4 is 10.9 Å². The summed E-state index contributed by atoms with van der Waals surface area (Å²) in [5.74, 6) is 0.546. The molecule has 2 atom stereocenters. The van der Waals surface area contributed by atoms with E-state index >= 15 is 0 Å². The Morgan fingerprint density at radius 3 is 3.12 bits per heavy atom. The monoisotopic (exact) mass is 365 g/mol. The summed E-state index contributed by atoms with van der Waals surface area (Å²) >= 11 is 5.89. The lowest BCUT2D eigenvalue weighted by atomic mass is 10.1. The van der Waals surface area contributed by atoms with Crippen LogP contribution in [-0.4, -0.2) is 39.0 Å². The Balaban J connectivity index is 1.58. The second kappa shape index (κ2) is 8.49. The quantitative estimate of drug-likeness (QED) is 0.788. The van der Waals surface area contributed by atoms with Crippen LogP contribution in [-0.2, 0) is 11.3 Å². The molecule has 8 heteroatoms. The molecule has 2 N–H and O–H groups in total. The van der Waals surface area contributed by atoms with Crippen LogP contribution in [0, 0.1) is 0 Å². The number of halogens is 1. The molecule has 0 spiro atoms. The summed E-state index contributed by atoms with van der Waals surface area (Å²) in [6.45, 7) is 4.19. The molecular formula is C17H24ClN5O2. The molecule has 0 aromatic carbocycles. The lowest BCUT2D eigenvalue weighted by Crippen LogP contribution is -2.23. The molecular weight excluding hydrogens is 342 g/mol. The van der Waals surface area contributed by atoms with Crippen LogP contribution in [0.5, 0.6) is 0 Å². The van der Waals surface area contributed by atoms with E-state index in [-0.39, 0.29) is 11.5 Å². The smallest absolute Gasteiger partial charge is 0.252 e. The zero-order chi connectivity index (χ0) is 17.6. The fourth-order valence-electron chi connectivity index (χ4n) is 3.01. The zero-order valence-electron chi connectivity index (χ0n) is 14.4. The maximum Gasteiger partial charge on any atom is 0.252 e. The molecule has 2 unspecified atom stereocenters. The Kier molecular flexibility index (Phi) is 6.09. The Labute approximate surface area is 151 Å². The number of H-pyrrole nitrogens is 1. The zero-order valence-corrected chi connectivity index (χ0v) is 15.1. The normalized spacial score (nSPS) is 18.9. The van der Waals surface area contributed by atoms with Crippen LogP contribution in [0.25, 0.3) is 0 Å². The van der Waals surface area contributed by atoms with Crippen LogP contribution in [0.3, 0.4) is 0 Å². The largest absolute Gasteiger partial charge is 0.378 e.